The predicted octanol–water partition coefficient (Wildman–Crippen LogP) is 2.99. The first-order chi connectivity index (χ1) is 17.8. The van der Waals surface area contributed by atoms with Gasteiger partial charge in [0.1, 0.15) is 5.82 Å². The second-order valence-corrected chi connectivity index (χ2v) is 11.1. The van der Waals surface area contributed by atoms with Gasteiger partial charge in [0.2, 0.25) is 0 Å². The summed E-state index contributed by atoms with van der Waals surface area (Å²) >= 11 is 0. The Morgan fingerprint density at radius 1 is 1.00 bits per heavy atom. The number of carbonyl (C=O) groups excluding carboxylic acids is 1. The van der Waals surface area contributed by atoms with Crippen molar-refractivity contribution in [3.05, 3.63) is 83.9 Å². The van der Waals surface area contributed by atoms with Crippen LogP contribution in [0.3, 0.4) is 0 Å². The lowest BCUT2D eigenvalue weighted by Crippen LogP contribution is -2.46. The Hall–Kier alpha value is -4.05. The van der Waals surface area contributed by atoms with E-state index in [1.807, 2.05) is 30.5 Å². The molecule has 1 N–H and O–H groups in total. The zero-order valence-electron chi connectivity index (χ0n) is 20.8. The number of aryl methyl sites for hydroxylation is 1. The second-order valence-electron chi connectivity index (χ2n) is 9.16. The quantitative estimate of drug-likeness (QED) is 0.417. The van der Waals surface area contributed by atoms with Gasteiger partial charge in [-0.05, 0) is 55.0 Å². The van der Waals surface area contributed by atoms with Crippen molar-refractivity contribution < 1.29 is 13.2 Å². The molecule has 0 radical (unpaired) electrons. The molecule has 3 aromatic heterocycles. The average molecular weight is 517 g/mol. The van der Waals surface area contributed by atoms with E-state index in [0.29, 0.717) is 11.3 Å². The van der Waals surface area contributed by atoms with E-state index in [4.69, 9.17) is 4.98 Å². The number of fused-ring (bicyclic) bond motifs is 1. The van der Waals surface area contributed by atoms with E-state index in [9.17, 15) is 13.2 Å². The number of hydrogen-bond acceptors (Lipinski definition) is 8. The van der Waals surface area contributed by atoms with Gasteiger partial charge < -0.3 is 15.1 Å². The third-order valence-electron chi connectivity index (χ3n) is 6.51. The number of carbonyl (C=O) groups is 1. The molecule has 0 spiro atoms. The minimum Gasteiger partial charge on any atom is -0.367 e. The van der Waals surface area contributed by atoms with Crippen molar-refractivity contribution in [2.45, 2.75) is 18.4 Å². The van der Waals surface area contributed by atoms with Gasteiger partial charge in [0.15, 0.2) is 9.84 Å². The molecule has 0 aliphatic carbocycles. The minimum absolute atomic E-state index is 0.155. The largest absolute Gasteiger partial charge is 0.367 e. The molecule has 10 heteroatoms. The first-order valence-corrected chi connectivity index (χ1v) is 13.9. The molecule has 190 valence electrons. The first kappa shape index (κ1) is 24.6. The van der Waals surface area contributed by atoms with Gasteiger partial charge in [-0.25, -0.2) is 13.4 Å². The minimum atomic E-state index is -3.42. The normalized spacial score (nSPS) is 14.1. The van der Waals surface area contributed by atoms with Crippen LogP contribution < -0.4 is 15.1 Å². The van der Waals surface area contributed by atoms with Crippen LogP contribution in [0, 0.1) is 6.92 Å². The van der Waals surface area contributed by atoms with E-state index >= 15 is 0 Å². The van der Waals surface area contributed by atoms with Crippen molar-refractivity contribution in [2.75, 3.05) is 42.2 Å². The van der Waals surface area contributed by atoms with E-state index in [1.165, 1.54) is 6.07 Å². The molecular formula is C27H28N6O3S. The SMILES string of the molecule is Cc1ccc(C(=O)NCc2cc3nc(N4CCN(c5cccnc5)CC4)ccc3cn2)cc1S(C)(=O)=O. The van der Waals surface area contributed by atoms with Crippen molar-refractivity contribution in [1.29, 1.82) is 0 Å². The van der Waals surface area contributed by atoms with Crippen molar-refractivity contribution in [1.82, 2.24) is 20.3 Å². The molecule has 1 aliphatic heterocycles. The van der Waals surface area contributed by atoms with Crippen LogP contribution in [0.25, 0.3) is 10.9 Å². The lowest BCUT2D eigenvalue weighted by atomic mass is 10.1. The van der Waals surface area contributed by atoms with Crippen molar-refractivity contribution in [3.8, 4) is 0 Å². The number of amides is 1. The van der Waals surface area contributed by atoms with Gasteiger partial charge in [-0.15, -0.1) is 0 Å². The third kappa shape index (κ3) is 5.54. The van der Waals surface area contributed by atoms with Gasteiger partial charge in [0.25, 0.3) is 5.91 Å². The first-order valence-electron chi connectivity index (χ1n) is 12.0. The summed E-state index contributed by atoms with van der Waals surface area (Å²) in [5.41, 5.74) is 3.50. The fraction of sp³-hybridized carbons (Fsp3) is 0.259. The molecular weight excluding hydrogens is 488 g/mol. The van der Waals surface area contributed by atoms with Crippen LogP contribution >= 0.6 is 0 Å². The Bertz CT molecular complexity index is 1550. The topological polar surface area (TPSA) is 108 Å². The number of benzene rings is 1. The standard InChI is InChI=1S/C27H28N6O3S/c1-19-5-6-20(14-25(19)37(2,35)36)27(34)30-17-22-15-24-21(16-29-22)7-8-26(31-24)33-12-10-32(11-13-33)23-4-3-9-28-18-23/h3-9,14-16,18H,10-13,17H2,1-2H3,(H,30,34). The third-order valence-corrected chi connectivity index (χ3v) is 7.75. The zero-order chi connectivity index (χ0) is 26.0. The van der Waals surface area contributed by atoms with Crippen LogP contribution in [0.1, 0.15) is 21.6 Å². The summed E-state index contributed by atoms with van der Waals surface area (Å²) in [5.74, 6) is 0.549. The molecule has 0 bridgehead atoms. The number of hydrogen-bond donors (Lipinski definition) is 1. The number of aromatic nitrogens is 3. The molecule has 0 saturated carbocycles. The van der Waals surface area contributed by atoms with E-state index in [0.717, 1.165) is 54.8 Å². The number of rotatable bonds is 6. The number of piperazine rings is 1. The molecule has 4 heterocycles. The zero-order valence-corrected chi connectivity index (χ0v) is 21.6. The lowest BCUT2D eigenvalue weighted by Gasteiger charge is -2.36. The molecule has 4 aromatic rings. The second kappa shape index (κ2) is 10.1. The predicted molar refractivity (Wildman–Crippen MR) is 144 cm³/mol. The maximum atomic E-state index is 12.7. The van der Waals surface area contributed by atoms with E-state index in [1.54, 1.807) is 31.5 Å². The molecule has 0 atom stereocenters. The van der Waals surface area contributed by atoms with Gasteiger partial charge in [-0.3, -0.25) is 14.8 Å². The van der Waals surface area contributed by atoms with Crippen molar-refractivity contribution in [2.24, 2.45) is 0 Å². The lowest BCUT2D eigenvalue weighted by molar-refractivity contribution is 0.0950. The number of pyridine rings is 3. The van der Waals surface area contributed by atoms with Gasteiger partial charge in [0.05, 0.1) is 34.5 Å². The Morgan fingerprint density at radius 3 is 2.51 bits per heavy atom. The highest BCUT2D eigenvalue weighted by molar-refractivity contribution is 7.90. The molecule has 1 amide bonds. The highest BCUT2D eigenvalue weighted by Gasteiger charge is 2.19. The summed E-state index contributed by atoms with van der Waals surface area (Å²) in [6.07, 6.45) is 6.56. The van der Waals surface area contributed by atoms with Crippen LogP contribution in [-0.2, 0) is 16.4 Å². The molecule has 1 aliphatic rings. The van der Waals surface area contributed by atoms with E-state index in [2.05, 4.69) is 31.2 Å². The molecule has 37 heavy (non-hydrogen) atoms. The smallest absolute Gasteiger partial charge is 0.251 e. The number of anilines is 2. The van der Waals surface area contributed by atoms with Crippen LogP contribution in [0.5, 0.6) is 0 Å². The number of sulfone groups is 1. The molecule has 1 fully saturated rings. The van der Waals surface area contributed by atoms with Crippen LogP contribution in [0.2, 0.25) is 0 Å². The summed E-state index contributed by atoms with van der Waals surface area (Å²) in [6.45, 7) is 5.39. The highest BCUT2D eigenvalue weighted by Crippen LogP contribution is 2.22. The molecule has 5 rings (SSSR count). The highest BCUT2D eigenvalue weighted by atomic mass is 32.2. The molecule has 9 nitrogen and oxygen atoms in total. The number of nitrogens with zero attached hydrogens (tertiary/aromatic N) is 5. The Kier molecular flexibility index (Phi) is 6.75. The number of nitrogens with one attached hydrogen (secondary N) is 1. The molecule has 0 unspecified atom stereocenters. The Labute approximate surface area is 216 Å². The van der Waals surface area contributed by atoms with E-state index < -0.39 is 9.84 Å². The van der Waals surface area contributed by atoms with Crippen LogP contribution in [0.4, 0.5) is 11.5 Å². The van der Waals surface area contributed by atoms with E-state index in [-0.39, 0.29) is 22.9 Å². The van der Waals surface area contributed by atoms with Crippen molar-refractivity contribution in [3.63, 3.8) is 0 Å². The molecule has 1 aromatic carbocycles. The maximum Gasteiger partial charge on any atom is 0.251 e. The van der Waals surface area contributed by atoms with Gasteiger partial charge in [-0.2, -0.15) is 0 Å². The van der Waals surface area contributed by atoms with Crippen molar-refractivity contribution >= 4 is 38.2 Å². The maximum absolute atomic E-state index is 12.7. The molecule has 1 saturated heterocycles. The summed E-state index contributed by atoms with van der Waals surface area (Å²) in [4.78, 5) is 31.0. The van der Waals surface area contributed by atoms with Gasteiger partial charge in [0, 0.05) is 55.8 Å². The summed E-state index contributed by atoms with van der Waals surface area (Å²) in [7, 11) is -3.42. The van der Waals surface area contributed by atoms with Gasteiger partial charge in [-0.1, -0.05) is 6.07 Å². The summed E-state index contributed by atoms with van der Waals surface area (Å²) in [5, 5.41) is 3.75. The summed E-state index contributed by atoms with van der Waals surface area (Å²) in [6, 6.07) is 14.6. The van der Waals surface area contributed by atoms with Gasteiger partial charge >= 0.3 is 0 Å². The van der Waals surface area contributed by atoms with Crippen LogP contribution in [0.15, 0.2) is 72.0 Å². The fourth-order valence-electron chi connectivity index (χ4n) is 4.47. The average Bonchev–Trinajstić information content (AvgIpc) is 2.91. The monoisotopic (exact) mass is 516 g/mol. The van der Waals surface area contributed by atoms with Crippen LogP contribution in [-0.4, -0.2) is 61.7 Å². The summed E-state index contributed by atoms with van der Waals surface area (Å²) < 4.78 is 24.0. The Morgan fingerprint density at radius 2 is 1.78 bits per heavy atom. The Balaban J connectivity index is 1.26. The fourth-order valence-corrected chi connectivity index (χ4v) is 5.46.